The maximum atomic E-state index is 12.8. The molecule has 0 spiro atoms. The molecule has 0 saturated heterocycles. The molecular formula is C17H17NO4S. The molecule has 1 amide bonds. The van der Waals surface area contributed by atoms with Gasteiger partial charge in [-0.15, -0.1) is 0 Å². The zero-order chi connectivity index (χ0) is 16.5. The topological polar surface area (TPSA) is 72.5 Å². The molecule has 1 saturated carbocycles. The third kappa shape index (κ3) is 2.70. The summed E-state index contributed by atoms with van der Waals surface area (Å²) in [6.07, 6.45) is 0.679. The minimum absolute atomic E-state index is 0.183. The molecule has 0 unspecified atom stereocenters. The Morgan fingerprint density at radius 3 is 2.17 bits per heavy atom. The van der Waals surface area contributed by atoms with Gasteiger partial charge in [0.2, 0.25) is 5.91 Å². The van der Waals surface area contributed by atoms with E-state index in [1.807, 2.05) is 0 Å². The standard InChI is InChI=1S/C17H17NO4S/c1-22-14-9-7-13(8-10-14)18-16(19)17(11-12-17)23(20,21)15-5-3-2-4-6-15/h2-10H,11-12H2,1H3,(H,18,19). The van der Waals surface area contributed by atoms with Crippen molar-refractivity contribution in [3.05, 3.63) is 54.6 Å². The number of ether oxygens (including phenoxy) is 1. The number of sulfone groups is 1. The Morgan fingerprint density at radius 2 is 1.65 bits per heavy atom. The van der Waals surface area contributed by atoms with Crippen LogP contribution in [0.1, 0.15) is 12.8 Å². The Hall–Kier alpha value is -2.34. The highest BCUT2D eigenvalue weighted by molar-refractivity contribution is 7.94. The molecule has 0 aliphatic heterocycles. The van der Waals surface area contributed by atoms with Gasteiger partial charge in [-0.2, -0.15) is 0 Å². The Labute approximate surface area is 135 Å². The highest BCUT2D eigenvalue weighted by Gasteiger charge is 2.61. The molecule has 3 rings (SSSR count). The maximum absolute atomic E-state index is 12.8. The van der Waals surface area contributed by atoms with Crippen molar-refractivity contribution in [1.29, 1.82) is 0 Å². The number of hydrogen-bond acceptors (Lipinski definition) is 4. The minimum Gasteiger partial charge on any atom is -0.497 e. The van der Waals surface area contributed by atoms with Crippen molar-refractivity contribution in [1.82, 2.24) is 0 Å². The lowest BCUT2D eigenvalue weighted by Crippen LogP contribution is -2.37. The Morgan fingerprint density at radius 1 is 1.04 bits per heavy atom. The summed E-state index contributed by atoms with van der Waals surface area (Å²) in [4.78, 5) is 12.7. The highest BCUT2D eigenvalue weighted by Crippen LogP contribution is 2.47. The lowest BCUT2D eigenvalue weighted by atomic mass is 10.3. The first-order chi connectivity index (χ1) is 11.0. The molecular weight excluding hydrogens is 314 g/mol. The average molecular weight is 331 g/mol. The molecule has 0 bridgehead atoms. The SMILES string of the molecule is COc1ccc(NC(=O)C2(S(=O)(=O)c3ccccc3)CC2)cc1. The van der Waals surface area contributed by atoms with Gasteiger partial charge in [0, 0.05) is 5.69 Å². The van der Waals surface area contributed by atoms with E-state index in [2.05, 4.69) is 5.32 Å². The summed E-state index contributed by atoms with van der Waals surface area (Å²) in [6, 6.07) is 14.9. The highest BCUT2D eigenvalue weighted by atomic mass is 32.2. The molecule has 0 atom stereocenters. The summed E-state index contributed by atoms with van der Waals surface area (Å²) in [5.41, 5.74) is 0.547. The second-order valence-corrected chi connectivity index (χ2v) is 7.75. The second-order valence-electron chi connectivity index (χ2n) is 5.49. The number of carbonyl (C=O) groups excluding carboxylic acids is 1. The third-order valence-corrected chi connectivity index (χ3v) is 6.55. The van der Waals surface area contributed by atoms with Gasteiger partial charge in [-0.05, 0) is 49.2 Å². The molecule has 6 heteroatoms. The Bertz CT molecular complexity index is 809. The first-order valence-corrected chi connectivity index (χ1v) is 8.73. The van der Waals surface area contributed by atoms with Crippen molar-refractivity contribution in [3.63, 3.8) is 0 Å². The molecule has 5 nitrogen and oxygen atoms in total. The number of hydrogen-bond donors (Lipinski definition) is 1. The molecule has 0 aromatic heterocycles. The van der Waals surface area contributed by atoms with Gasteiger partial charge in [0.05, 0.1) is 12.0 Å². The number of rotatable bonds is 5. The van der Waals surface area contributed by atoms with Gasteiger partial charge in [-0.25, -0.2) is 8.42 Å². The molecule has 0 heterocycles. The lowest BCUT2D eigenvalue weighted by molar-refractivity contribution is -0.116. The predicted molar refractivity (Wildman–Crippen MR) is 87.2 cm³/mol. The average Bonchev–Trinajstić information content (AvgIpc) is 3.39. The summed E-state index contributed by atoms with van der Waals surface area (Å²) in [5, 5.41) is 2.70. The van der Waals surface area contributed by atoms with Gasteiger partial charge in [-0.1, -0.05) is 18.2 Å². The van der Waals surface area contributed by atoms with Crippen LogP contribution in [0.5, 0.6) is 5.75 Å². The summed E-state index contributed by atoms with van der Waals surface area (Å²) in [7, 11) is -2.14. The number of anilines is 1. The number of benzene rings is 2. The van der Waals surface area contributed by atoms with Crippen LogP contribution in [0.3, 0.4) is 0 Å². The molecule has 1 N–H and O–H groups in total. The summed E-state index contributed by atoms with van der Waals surface area (Å²) >= 11 is 0. The summed E-state index contributed by atoms with van der Waals surface area (Å²) < 4.78 is 29.2. The fraction of sp³-hybridized carbons (Fsp3) is 0.235. The summed E-state index contributed by atoms with van der Waals surface area (Å²) in [5.74, 6) is 0.188. The largest absolute Gasteiger partial charge is 0.497 e. The third-order valence-electron chi connectivity index (χ3n) is 4.03. The van der Waals surface area contributed by atoms with E-state index in [-0.39, 0.29) is 4.90 Å². The first kappa shape index (κ1) is 15.6. The van der Waals surface area contributed by atoms with Crippen LogP contribution >= 0.6 is 0 Å². The van der Waals surface area contributed by atoms with Crippen LogP contribution in [0.4, 0.5) is 5.69 Å². The van der Waals surface area contributed by atoms with Crippen molar-refractivity contribution in [3.8, 4) is 5.75 Å². The van der Waals surface area contributed by atoms with E-state index in [0.717, 1.165) is 0 Å². The lowest BCUT2D eigenvalue weighted by Gasteiger charge is -2.16. The fourth-order valence-corrected chi connectivity index (χ4v) is 4.38. The van der Waals surface area contributed by atoms with Crippen LogP contribution in [-0.4, -0.2) is 26.2 Å². The minimum atomic E-state index is -3.70. The molecule has 23 heavy (non-hydrogen) atoms. The van der Waals surface area contributed by atoms with E-state index in [9.17, 15) is 13.2 Å². The van der Waals surface area contributed by atoms with Crippen LogP contribution in [0.2, 0.25) is 0 Å². The molecule has 0 radical (unpaired) electrons. The molecule has 1 fully saturated rings. The monoisotopic (exact) mass is 331 g/mol. The van der Waals surface area contributed by atoms with E-state index in [4.69, 9.17) is 4.74 Å². The van der Waals surface area contributed by atoms with E-state index < -0.39 is 20.5 Å². The zero-order valence-corrected chi connectivity index (χ0v) is 13.5. The number of amides is 1. The molecule has 1 aliphatic rings. The van der Waals surface area contributed by atoms with E-state index in [1.54, 1.807) is 49.6 Å². The van der Waals surface area contributed by atoms with Crippen LogP contribution in [0, 0.1) is 0 Å². The molecule has 1 aliphatic carbocycles. The first-order valence-electron chi connectivity index (χ1n) is 7.25. The molecule has 2 aromatic rings. The van der Waals surface area contributed by atoms with Crippen LogP contribution in [0.15, 0.2) is 59.5 Å². The predicted octanol–water partition coefficient (Wildman–Crippen LogP) is 2.64. The van der Waals surface area contributed by atoms with E-state index in [0.29, 0.717) is 24.3 Å². The molecule has 2 aromatic carbocycles. The normalized spacial score (nSPS) is 15.7. The van der Waals surface area contributed by atoms with Crippen LogP contribution in [-0.2, 0) is 14.6 Å². The second kappa shape index (κ2) is 5.70. The number of carbonyl (C=O) groups is 1. The van der Waals surface area contributed by atoms with E-state index in [1.165, 1.54) is 12.1 Å². The van der Waals surface area contributed by atoms with Crippen molar-refractivity contribution in [2.75, 3.05) is 12.4 Å². The number of nitrogens with one attached hydrogen (secondary N) is 1. The Kier molecular flexibility index (Phi) is 3.85. The van der Waals surface area contributed by atoms with Gasteiger partial charge in [-0.3, -0.25) is 4.79 Å². The van der Waals surface area contributed by atoms with Crippen LogP contribution in [0.25, 0.3) is 0 Å². The quantitative estimate of drug-likeness (QED) is 0.914. The molecule has 120 valence electrons. The summed E-state index contributed by atoms with van der Waals surface area (Å²) in [6.45, 7) is 0. The van der Waals surface area contributed by atoms with Crippen molar-refractivity contribution in [2.45, 2.75) is 22.5 Å². The van der Waals surface area contributed by atoms with Crippen molar-refractivity contribution < 1.29 is 17.9 Å². The van der Waals surface area contributed by atoms with E-state index >= 15 is 0 Å². The maximum Gasteiger partial charge on any atom is 0.246 e. The zero-order valence-electron chi connectivity index (χ0n) is 12.7. The smallest absolute Gasteiger partial charge is 0.246 e. The van der Waals surface area contributed by atoms with Gasteiger partial charge in [0.25, 0.3) is 0 Å². The van der Waals surface area contributed by atoms with Gasteiger partial charge in [0.1, 0.15) is 5.75 Å². The van der Waals surface area contributed by atoms with Crippen molar-refractivity contribution >= 4 is 21.4 Å². The van der Waals surface area contributed by atoms with Gasteiger partial charge in [0.15, 0.2) is 14.6 Å². The Balaban J connectivity index is 1.84. The van der Waals surface area contributed by atoms with Gasteiger partial charge >= 0.3 is 0 Å². The number of methoxy groups -OCH3 is 1. The van der Waals surface area contributed by atoms with Gasteiger partial charge < -0.3 is 10.1 Å². The fourth-order valence-electron chi connectivity index (χ4n) is 2.48. The van der Waals surface area contributed by atoms with Crippen LogP contribution < -0.4 is 10.1 Å². The van der Waals surface area contributed by atoms with Crippen molar-refractivity contribution in [2.24, 2.45) is 0 Å².